The van der Waals surface area contributed by atoms with Gasteiger partial charge < -0.3 is 0 Å². The molecule has 50 valence electrons. The molecule has 0 bridgehead atoms. The molecule has 0 spiro atoms. The zero-order chi connectivity index (χ0) is 5.70. The van der Waals surface area contributed by atoms with Crippen LogP contribution in [0.25, 0.3) is 0 Å². The van der Waals surface area contributed by atoms with E-state index in [9.17, 15) is 4.79 Å². The second-order valence-corrected chi connectivity index (χ2v) is 1.88. The van der Waals surface area contributed by atoms with Gasteiger partial charge in [0.2, 0.25) is 5.24 Å². The summed E-state index contributed by atoms with van der Waals surface area (Å²) in [4.78, 5) is 9.97. The van der Waals surface area contributed by atoms with Crippen LogP contribution in [0.5, 0.6) is 0 Å². The minimum Gasteiger partial charge on any atom is -0.281 e. The van der Waals surface area contributed by atoms with Crippen LogP contribution in [0.1, 0.15) is 26.2 Å². The van der Waals surface area contributed by atoms with Crippen molar-refractivity contribution in [3.63, 3.8) is 0 Å². The van der Waals surface area contributed by atoms with Crippen molar-refractivity contribution in [3.8, 4) is 0 Å². The average Bonchev–Trinajstić information content (AvgIpc) is 1.61. The number of hydrogen-bond donors (Lipinski definition) is 0. The third-order valence-corrected chi connectivity index (χ3v) is 0.916. The molecule has 0 aliphatic heterocycles. The number of unbranched alkanes of at least 4 members (excludes halogenated alkanes) is 1. The number of rotatable bonds is 3. The van der Waals surface area contributed by atoms with Crippen LogP contribution in [0, 0.1) is 0 Å². The molecule has 0 aromatic carbocycles. The molecule has 0 unspecified atom stereocenters. The summed E-state index contributed by atoms with van der Waals surface area (Å²) < 4.78 is 0. The Bertz CT molecular complexity index is 65.4. The number of carbonyl (C=O) groups is 1. The molecular formula is C5H13ClOSi. The van der Waals surface area contributed by atoms with Crippen LogP contribution in [0.15, 0.2) is 0 Å². The molecule has 0 amide bonds. The number of carbonyl (C=O) groups excluding carboxylic acids is 1. The minimum absolute atomic E-state index is 0. The highest BCUT2D eigenvalue weighted by Crippen LogP contribution is 1.96. The summed E-state index contributed by atoms with van der Waals surface area (Å²) >= 11 is 5.02. The molecular weight excluding hydrogens is 140 g/mol. The van der Waals surface area contributed by atoms with Gasteiger partial charge >= 0.3 is 0 Å². The predicted molar refractivity (Wildman–Crippen MR) is 41.7 cm³/mol. The standard InChI is InChI=1S/C5H9ClO.H4Si/c1-2-3-4-5(6)7;/h2-4H2,1H3;1H4. The number of hydrogen-bond acceptors (Lipinski definition) is 1. The van der Waals surface area contributed by atoms with E-state index in [4.69, 9.17) is 11.6 Å². The van der Waals surface area contributed by atoms with E-state index in [2.05, 4.69) is 0 Å². The van der Waals surface area contributed by atoms with Crippen LogP contribution >= 0.6 is 11.6 Å². The molecule has 3 heteroatoms. The highest BCUT2D eigenvalue weighted by molar-refractivity contribution is 6.63. The zero-order valence-corrected chi connectivity index (χ0v) is 5.16. The molecule has 0 radical (unpaired) electrons. The fourth-order valence-corrected chi connectivity index (χ4v) is 0.449. The van der Waals surface area contributed by atoms with Crippen LogP contribution in [0.3, 0.4) is 0 Å². The Morgan fingerprint density at radius 2 is 2.12 bits per heavy atom. The van der Waals surface area contributed by atoms with E-state index in [1.807, 2.05) is 6.92 Å². The summed E-state index contributed by atoms with van der Waals surface area (Å²) in [6.07, 6.45) is 2.48. The molecule has 0 aliphatic rings. The van der Waals surface area contributed by atoms with Crippen LogP contribution in [-0.2, 0) is 4.79 Å². The molecule has 0 rings (SSSR count). The molecule has 0 aliphatic carbocycles. The lowest BCUT2D eigenvalue weighted by molar-refractivity contribution is -0.111. The third-order valence-electron chi connectivity index (χ3n) is 0.727. The molecule has 0 N–H and O–H groups in total. The van der Waals surface area contributed by atoms with E-state index < -0.39 is 0 Å². The first-order valence-electron chi connectivity index (χ1n) is 2.45. The molecule has 8 heavy (non-hydrogen) atoms. The summed E-state index contributed by atoms with van der Waals surface area (Å²) in [5.74, 6) is 0. The van der Waals surface area contributed by atoms with Crippen LogP contribution in [-0.4, -0.2) is 16.2 Å². The maximum atomic E-state index is 9.97. The zero-order valence-electron chi connectivity index (χ0n) is 4.41. The number of halogens is 1. The van der Waals surface area contributed by atoms with Crippen molar-refractivity contribution in [2.45, 2.75) is 26.2 Å². The second kappa shape index (κ2) is 7.18. The summed E-state index contributed by atoms with van der Waals surface area (Å²) in [7, 11) is 0. The van der Waals surface area contributed by atoms with Crippen LogP contribution < -0.4 is 0 Å². The largest absolute Gasteiger partial charge is 0.281 e. The van der Waals surface area contributed by atoms with E-state index in [1.165, 1.54) is 0 Å². The summed E-state index contributed by atoms with van der Waals surface area (Å²) in [5, 5.41) is -0.221. The maximum absolute atomic E-state index is 9.97. The van der Waals surface area contributed by atoms with Crippen molar-refractivity contribution in [1.29, 1.82) is 0 Å². The van der Waals surface area contributed by atoms with Gasteiger partial charge in [0.05, 0.1) is 0 Å². The smallest absolute Gasteiger partial charge is 0.221 e. The molecule has 0 aromatic heterocycles. The van der Waals surface area contributed by atoms with Crippen molar-refractivity contribution in [2.24, 2.45) is 0 Å². The fraction of sp³-hybridized carbons (Fsp3) is 0.800. The SMILES string of the molecule is CCCCC(=O)Cl.[SiH4]. The van der Waals surface area contributed by atoms with Gasteiger partial charge in [0.15, 0.2) is 0 Å². The molecule has 0 heterocycles. The summed E-state index contributed by atoms with van der Waals surface area (Å²) in [5.41, 5.74) is 0. The van der Waals surface area contributed by atoms with Gasteiger partial charge in [-0.2, -0.15) is 0 Å². The molecule has 0 saturated carbocycles. The van der Waals surface area contributed by atoms with Crippen LogP contribution in [0.2, 0.25) is 0 Å². The third kappa shape index (κ3) is 9.49. The van der Waals surface area contributed by atoms with Gasteiger partial charge in [-0.1, -0.05) is 13.3 Å². The lowest BCUT2D eigenvalue weighted by Crippen LogP contribution is -1.82. The van der Waals surface area contributed by atoms with Gasteiger partial charge in [0, 0.05) is 6.42 Å². The summed E-state index contributed by atoms with van der Waals surface area (Å²) in [6.45, 7) is 2.03. The van der Waals surface area contributed by atoms with E-state index in [-0.39, 0.29) is 16.2 Å². The monoisotopic (exact) mass is 152 g/mol. The topological polar surface area (TPSA) is 17.1 Å². The Hall–Kier alpha value is 0.177. The molecule has 0 aromatic rings. The van der Waals surface area contributed by atoms with Gasteiger partial charge in [0.25, 0.3) is 0 Å². The maximum Gasteiger partial charge on any atom is 0.221 e. The van der Waals surface area contributed by atoms with E-state index >= 15 is 0 Å². The van der Waals surface area contributed by atoms with Crippen molar-refractivity contribution in [3.05, 3.63) is 0 Å². The highest BCUT2D eigenvalue weighted by atomic mass is 35.5. The second-order valence-electron chi connectivity index (χ2n) is 1.46. The first kappa shape index (κ1) is 11.0. The van der Waals surface area contributed by atoms with Crippen molar-refractivity contribution in [1.82, 2.24) is 0 Å². The van der Waals surface area contributed by atoms with Gasteiger partial charge in [-0.25, -0.2) is 0 Å². The Labute approximate surface area is 59.4 Å². The first-order valence-corrected chi connectivity index (χ1v) is 2.83. The Balaban J connectivity index is 0. The van der Waals surface area contributed by atoms with Gasteiger partial charge in [-0.3, -0.25) is 4.79 Å². The highest BCUT2D eigenvalue weighted by Gasteiger charge is 1.90. The van der Waals surface area contributed by atoms with Gasteiger partial charge in [0.1, 0.15) is 0 Å². The van der Waals surface area contributed by atoms with Gasteiger partial charge in [-0.15, -0.1) is 0 Å². The normalized spacial score (nSPS) is 7.75. The Kier molecular flexibility index (Phi) is 9.90. The Morgan fingerprint density at radius 3 is 2.25 bits per heavy atom. The molecule has 0 saturated heterocycles. The van der Waals surface area contributed by atoms with E-state index in [0.29, 0.717) is 6.42 Å². The molecule has 1 nitrogen and oxygen atoms in total. The first-order chi connectivity index (χ1) is 3.27. The summed E-state index contributed by atoms with van der Waals surface area (Å²) in [6, 6.07) is 0. The van der Waals surface area contributed by atoms with Gasteiger partial charge in [-0.05, 0) is 29.0 Å². The predicted octanol–water partition coefficient (Wildman–Crippen LogP) is 0.490. The quantitative estimate of drug-likeness (QED) is 0.425. The van der Waals surface area contributed by atoms with E-state index in [0.717, 1.165) is 12.8 Å². The Morgan fingerprint density at radius 1 is 1.62 bits per heavy atom. The minimum atomic E-state index is -0.221. The lowest BCUT2D eigenvalue weighted by Gasteiger charge is -1.84. The fourth-order valence-electron chi connectivity index (χ4n) is 0.316. The lowest BCUT2D eigenvalue weighted by atomic mass is 10.3. The van der Waals surface area contributed by atoms with Crippen LogP contribution in [0.4, 0.5) is 0 Å². The van der Waals surface area contributed by atoms with E-state index in [1.54, 1.807) is 0 Å². The average molecular weight is 153 g/mol. The molecule has 0 fully saturated rings. The van der Waals surface area contributed by atoms with Crippen molar-refractivity contribution < 1.29 is 4.79 Å². The van der Waals surface area contributed by atoms with Crippen molar-refractivity contribution >= 4 is 27.8 Å². The molecule has 0 atom stereocenters. The van der Waals surface area contributed by atoms with Crippen molar-refractivity contribution in [2.75, 3.05) is 0 Å².